The van der Waals surface area contributed by atoms with E-state index in [4.69, 9.17) is 9.47 Å². The molecule has 1 heterocycles. The number of amides is 2. The van der Waals surface area contributed by atoms with Crippen LogP contribution in [0.1, 0.15) is 27.6 Å². The van der Waals surface area contributed by atoms with Crippen molar-refractivity contribution in [3.8, 4) is 11.5 Å². The molecule has 7 heteroatoms. The molecule has 2 N–H and O–H groups in total. The van der Waals surface area contributed by atoms with Gasteiger partial charge in [-0.3, -0.25) is 20.4 Å². The second kappa shape index (κ2) is 7.27. The zero-order valence-corrected chi connectivity index (χ0v) is 13.8. The summed E-state index contributed by atoms with van der Waals surface area (Å²) in [7, 11) is 0. The van der Waals surface area contributed by atoms with E-state index in [1.54, 1.807) is 42.1 Å². The topological polar surface area (TPSA) is 76.7 Å². The van der Waals surface area contributed by atoms with Gasteiger partial charge in [0.25, 0.3) is 11.8 Å². The van der Waals surface area contributed by atoms with Gasteiger partial charge < -0.3 is 9.47 Å². The second-order valence-electron chi connectivity index (χ2n) is 4.91. The summed E-state index contributed by atoms with van der Waals surface area (Å²) in [6.45, 7) is 2.16. The molecule has 0 aromatic heterocycles. The molecular weight excluding hydrogens is 328 g/mol. The van der Waals surface area contributed by atoms with Gasteiger partial charge in [-0.2, -0.15) is 0 Å². The van der Waals surface area contributed by atoms with E-state index in [0.717, 1.165) is 10.6 Å². The molecule has 0 fully saturated rings. The van der Waals surface area contributed by atoms with Crippen LogP contribution < -0.4 is 20.3 Å². The Hall–Kier alpha value is -2.67. The Morgan fingerprint density at radius 3 is 2.62 bits per heavy atom. The van der Waals surface area contributed by atoms with Gasteiger partial charge in [0.1, 0.15) is 0 Å². The minimum absolute atomic E-state index is 0.142. The Bertz CT molecular complexity index is 779. The SMILES string of the molecule is CCSc1ccccc1C(=O)NNC(=O)c1ccc2c(c1)OCO2. The highest BCUT2D eigenvalue weighted by atomic mass is 32.2. The van der Waals surface area contributed by atoms with Crippen molar-refractivity contribution in [2.24, 2.45) is 0 Å². The molecule has 24 heavy (non-hydrogen) atoms. The minimum Gasteiger partial charge on any atom is -0.454 e. The third-order valence-corrected chi connectivity index (χ3v) is 4.31. The number of hydrazine groups is 1. The van der Waals surface area contributed by atoms with E-state index in [1.807, 2.05) is 19.1 Å². The molecule has 1 aliphatic heterocycles. The van der Waals surface area contributed by atoms with E-state index in [2.05, 4.69) is 10.9 Å². The fourth-order valence-corrected chi connectivity index (χ4v) is 3.03. The molecule has 0 atom stereocenters. The Morgan fingerprint density at radius 1 is 1.04 bits per heavy atom. The number of nitrogens with one attached hydrogen (secondary N) is 2. The lowest BCUT2D eigenvalue weighted by Crippen LogP contribution is -2.41. The Balaban J connectivity index is 1.65. The lowest BCUT2D eigenvalue weighted by molar-refractivity contribution is 0.0845. The van der Waals surface area contributed by atoms with Crippen LogP contribution in [0, 0.1) is 0 Å². The monoisotopic (exact) mass is 344 g/mol. The van der Waals surface area contributed by atoms with Crippen LogP contribution in [0.2, 0.25) is 0 Å². The number of hydrogen-bond acceptors (Lipinski definition) is 5. The van der Waals surface area contributed by atoms with Gasteiger partial charge in [0.15, 0.2) is 11.5 Å². The van der Waals surface area contributed by atoms with Gasteiger partial charge in [-0.25, -0.2) is 0 Å². The number of carbonyl (C=O) groups excluding carboxylic acids is 2. The maximum atomic E-state index is 12.3. The van der Waals surface area contributed by atoms with Crippen molar-refractivity contribution in [3.63, 3.8) is 0 Å². The van der Waals surface area contributed by atoms with Crippen molar-refractivity contribution in [2.75, 3.05) is 12.5 Å². The summed E-state index contributed by atoms with van der Waals surface area (Å²) >= 11 is 1.57. The van der Waals surface area contributed by atoms with Crippen LogP contribution in [-0.2, 0) is 0 Å². The van der Waals surface area contributed by atoms with Crippen LogP contribution in [0.3, 0.4) is 0 Å². The predicted molar refractivity (Wildman–Crippen MR) is 90.3 cm³/mol. The highest BCUT2D eigenvalue weighted by molar-refractivity contribution is 7.99. The van der Waals surface area contributed by atoms with Crippen LogP contribution in [0.25, 0.3) is 0 Å². The van der Waals surface area contributed by atoms with Crippen molar-refractivity contribution < 1.29 is 19.1 Å². The lowest BCUT2D eigenvalue weighted by Gasteiger charge is -2.10. The van der Waals surface area contributed by atoms with Gasteiger partial charge >= 0.3 is 0 Å². The molecule has 1 aliphatic rings. The van der Waals surface area contributed by atoms with Crippen molar-refractivity contribution in [2.45, 2.75) is 11.8 Å². The maximum Gasteiger partial charge on any atom is 0.270 e. The van der Waals surface area contributed by atoms with E-state index >= 15 is 0 Å². The summed E-state index contributed by atoms with van der Waals surface area (Å²) in [5.41, 5.74) is 5.75. The number of benzene rings is 2. The predicted octanol–water partition coefficient (Wildman–Crippen LogP) is 2.60. The smallest absolute Gasteiger partial charge is 0.270 e. The number of fused-ring (bicyclic) bond motifs is 1. The van der Waals surface area contributed by atoms with Gasteiger partial charge in [0.05, 0.1) is 5.56 Å². The number of rotatable bonds is 4. The summed E-state index contributed by atoms with van der Waals surface area (Å²) in [6, 6.07) is 12.1. The molecule has 124 valence electrons. The molecule has 0 unspecified atom stereocenters. The molecule has 3 rings (SSSR count). The first-order valence-electron chi connectivity index (χ1n) is 7.41. The Labute approximate surface area is 143 Å². The summed E-state index contributed by atoms with van der Waals surface area (Å²) in [5.74, 6) is 1.18. The molecule has 0 saturated heterocycles. The quantitative estimate of drug-likeness (QED) is 0.659. The first kappa shape index (κ1) is 16.2. The lowest BCUT2D eigenvalue weighted by atomic mass is 10.2. The molecular formula is C17H16N2O4S. The van der Waals surface area contributed by atoms with Gasteiger partial charge in [-0.05, 0) is 36.1 Å². The summed E-state index contributed by atoms with van der Waals surface area (Å²) in [4.78, 5) is 25.3. The van der Waals surface area contributed by atoms with E-state index < -0.39 is 5.91 Å². The first-order chi connectivity index (χ1) is 11.7. The Morgan fingerprint density at radius 2 is 1.79 bits per heavy atom. The molecule has 2 aromatic carbocycles. The molecule has 0 radical (unpaired) electrons. The standard InChI is InChI=1S/C17H16N2O4S/c1-2-24-15-6-4-3-5-12(15)17(21)19-18-16(20)11-7-8-13-14(9-11)23-10-22-13/h3-9H,2,10H2,1H3,(H,18,20)(H,19,21). The normalized spacial score (nSPS) is 11.9. The summed E-state index contributed by atoms with van der Waals surface area (Å²) in [6.07, 6.45) is 0. The molecule has 6 nitrogen and oxygen atoms in total. The maximum absolute atomic E-state index is 12.3. The van der Waals surface area contributed by atoms with Gasteiger partial charge in [0.2, 0.25) is 6.79 Å². The summed E-state index contributed by atoms with van der Waals surface area (Å²) < 4.78 is 10.4. The van der Waals surface area contributed by atoms with Gasteiger partial charge in [0, 0.05) is 10.5 Å². The van der Waals surface area contributed by atoms with Crippen molar-refractivity contribution in [3.05, 3.63) is 53.6 Å². The van der Waals surface area contributed by atoms with Crippen molar-refractivity contribution in [1.82, 2.24) is 10.9 Å². The molecule has 0 bridgehead atoms. The van der Waals surface area contributed by atoms with E-state index in [-0.39, 0.29) is 12.7 Å². The highest BCUT2D eigenvalue weighted by Gasteiger charge is 2.17. The minimum atomic E-state index is -0.428. The fourth-order valence-electron chi connectivity index (χ4n) is 2.23. The van der Waals surface area contributed by atoms with Crippen LogP contribution in [0.15, 0.2) is 47.4 Å². The number of thioether (sulfide) groups is 1. The average Bonchev–Trinajstić information content (AvgIpc) is 3.08. The van der Waals surface area contributed by atoms with E-state index in [0.29, 0.717) is 22.6 Å². The number of carbonyl (C=O) groups is 2. The largest absolute Gasteiger partial charge is 0.454 e. The third kappa shape index (κ3) is 3.46. The second-order valence-corrected chi connectivity index (χ2v) is 6.21. The van der Waals surface area contributed by atoms with Crippen molar-refractivity contribution in [1.29, 1.82) is 0 Å². The third-order valence-electron chi connectivity index (χ3n) is 3.36. The molecule has 0 aliphatic carbocycles. The molecule has 2 aromatic rings. The van der Waals surface area contributed by atoms with Gasteiger partial charge in [-0.1, -0.05) is 19.1 Å². The first-order valence-corrected chi connectivity index (χ1v) is 8.39. The fraction of sp³-hybridized carbons (Fsp3) is 0.176. The average molecular weight is 344 g/mol. The van der Waals surface area contributed by atoms with Gasteiger partial charge in [-0.15, -0.1) is 11.8 Å². The molecule has 0 saturated carbocycles. The van der Waals surface area contributed by atoms with Crippen LogP contribution in [-0.4, -0.2) is 24.4 Å². The van der Waals surface area contributed by atoms with Crippen LogP contribution in [0.4, 0.5) is 0 Å². The Kier molecular flexibility index (Phi) is 4.90. The van der Waals surface area contributed by atoms with Crippen molar-refractivity contribution >= 4 is 23.6 Å². The number of hydrogen-bond donors (Lipinski definition) is 2. The summed E-state index contributed by atoms with van der Waals surface area (Å²) in [5, 5.41) is 0. The zero-order chi connectivity index (χ0) is 16.9. The highest BCUT2D eigenvalue weighted by Crippen LogP contribution is 2.32. The molecule has 2 amide bonds. The van der Waals surface area contributed by atoms with Crippen LogP contribution >= 0.6 is 11.8 Å². The molecule has 0 spiro atoms. The van der Waals surface area contributed by atoms with E-state index in [1.165, 1.54) is 0 Å². The van der Waals surface area contributed by atoms with Crippen LogP contribution in [0.5, 0.6) is 11.5 Å². The number of ether oxygens (including phenoxy) is 2. The van der Waals surface area contributed by atoms with E-state index in [9.17, 15) is 9.59 Å². The zero-order valence-electron chi connectivity index (χ0n) is 13.0.